The van der Waals surface area contributed by atoms with Crippen molar-refractivity contribution in [3.05, 3.63) is 33.9 Å². The molecule has 0 bridgehead atoms. The second-order valence-electron chi connectivity index (χ2n) is 8.06. The summed E-state index contributed by atoms with van der Waals surface area (Å²) in [5, 5.41) is 12.0. The lowest BCUT2D eigenvalue weighted by molar-refractivity contribution is -0.385. The molecule has 1 aliphatic carbocycles. The molecule has 1 aromatic carbocycles. The summed E-state index contributed by atoms with van der Waals surface area (Å²) in [5.74, 6) is 0.574. The molecule has 24 heavy (non-hydrogen) atoms. The van der Waals surface area contributed by atoms with Gasteiger partial charge in [-0.05, 0) is 64.1 Å². The van der Waals surface area contributed by atoms with Crippen molar-refractivity contribution in [1.82, 2.24) is 4.90 Å². The average Bonchev–Trinajstić information content (AvgIpc) is 3.21. The number of rotatable bonds is 5. The number of nitro groups is 1. The number of hydrogen-bond donors (Lipinski definition) is 0. The molecule has 0 aromatic heterocycles. The first-order valence-electron chi connectivity index (χ1n) is 9.03. The third-order valence-corrected chi connectivity index (χ3v) is 6.68. The molecule has 2 fully saturated rings. The molecule has 1 aromatic rings. The van der Waals surface area contributed by atoms with Crippen molar-refractivity contribution in [1.29, 1.82) is 0 Å². The number of benzene rings is 1. The quantitative estimate of drug-likeness (QED) is 0.526. The van der Waals surface area contributed by atoms with E-state index in [1.165, 1.54) is 29.7 Å². The second-order valence-corrected chi connectivity index (χ2v) is 9.40. The first-order valence-corrected chi connectivity index (χ1v) is 9.91. The minimum absolute atomic E-state index is 0.0702. The molecule has 1 aliphatic heterocycles. The predicted octanol–water partition coefficient (Wildman–Crippen LogP) is 5.42. The lowest BCUT2D eigenvalue weighted by Crippen LogP contribution is -2.41. The second kappa shape index (κ2) is 6.68. The lowest BCUT2D eigenvalue weighted by atomic mass is 9.89. The summed E-state index contributed by atoms with van der Waals surface area (Å²) in [7, 11) is 0. The minimum Gasteiger partial charge on any atom is -0.291 e. The Morgan fingerprint density at radius 1 is 1.29 bits per heavy atom. The Morgan fingerprint density at radius 2 is 2.00 bits per heavy atom. The highest BCUT2D eigenvalue weighted by Crippen LogP contribution is 2.49. The van der Waals surface area contributed by atoms with Gasteiger partial charge in [-0.2, -0.15) is 0 Å². The molecule has 0 spiro atoms. The zero-order valence-corrected chi connectivity index (χ0v) is 15.9. The normalized spacial score (nSPS) is 25.2. The van der Waals surface area contributed by atoms with Crippen molar-refractivity contribution in [3.8, 4) is 0 Å². The number of nitrogens with zero attached hydrogens (tertiary/aromatic N) is 2. The number of nitro benzene ring substituents is 1. The van der Waals surface area contributed by atoms with Crippen LogP contribution < -0.4 is 0 Å². The Morgan fingerprint density at radius 3 is 2.54 bits per heavy atom. The number of hydrogen-bond acceptors (Lipinski definition) is 4. The maximum atomic E-state index is 11.3. The van der Waals surface area contributed by atoms with Gasteiger partial charge in [-0.1, -0.05) is 13.3 Å². The fourth-order valence-corrected chi connectivity index (χ4v) is 5.00. The first kappa shape index (κ1) is 17.7. The summed E-state index contributed by atoms with van der Waals surface area (Å²) >= 11 is 1.92. The number of likely N-dealkylation sites (tertiary alicyclic amines) is 1. The molecule has 3 rings (SSSR count). The molecule has 4 nitrogen and oxygen atoms in total. The van der Waals surface area contributed by atoms with Crippen molar-refractivity contribution < 1.29 is 4.92 Å². The van der Waals surface area contributed by atoms with E-state index in [0.29, 0.717) is 11.2 Å². The van der Waals surface area contributed by atoms with Crippen molar-refractivity contribution >= 4 is 17.4 Å². The summed E-state index contributed by atoms with van der Waals surface area (Å²) < 4.78 is 0. The van der Waals surface area contributed by atoms with Gasteiger partial charge in [0.05, 0.1) is 4.92 Å². The summed E-state index contributed by atoms with van der Waals surface area (Å²) in [6.45, 7) is 10.1. The molecule has 0 N–H and O–H groups in total. The van der Waals surface area contributed by atoms with E-state index >= 15 is 0 Å². The highest BCUT2D eigenvalue weighted by Gasteiger charge is 2.41. The van der Waals surface area contributed by atoms with E-state index in [-0.39, 0.29) is 22.2 Å². The Hall–Kier alpha value is -1.07. The zero-order valence-electron chi connectivity index (χ0n) is 15.1. The highest BCUT2D eigenvalue weighted by atomic mass is 32.2. The lowest BCUT2D eigenvalue weighted by Gasteiger charge is -2.39. The zero-order chi connectivity index (χ0) is 17.5. The molecule has 2 atom stereocenters. The van der Waals surface area contributed by atoms with Crippen molar-refractivity contribution in [2.24, 2.45) is 5.92 Å². The van der Waals surface area contributed by atoms with Crippen LogP contribution in [0.4, 0.5) is 5.69 Å². The van der Waals surface area contributed by atoms with Crippen LogP contribution in [-0.4, -0.2) is 27.2 Å². The van der Waals surface area contributed by atoms with E-state index in [0.717, 1.165) is 13.0 Å². The van der Waals surface area contributed by atoms with Gasteiger partial charge >= 0.3 is 0 Å². The highest BCUT2D eigenvalue weighted by molar-refractivity contribution is 8.00. The topological polar surface area (TPSA) is 46.4 Å². The van der Waals surface area contributed by atoms with Gasteiger partial charge in [0.1, 0.15) is 0 Å². The van der Waals surface area contributed by atoms with E-state index in [9.17, 15) is 10.1 Å². The molecule has 2 aliphatic rings. The Bertz CT molecular complexity index is 622. The summed E-state index contributed by atoms with van der Waals surface area (Å²) in [5.41, 5.74) is 1.47. The molecule has 0 unspecified atom stereocenters. The van der Waals surface area contributed by atoms with Crippen LogP contribution in [0.15, 0.2) is 23.1 Å². The predicted molar refractivity (Wildman–Crippen MR) is 99.6 cm³/mol. The molecule has 1 heterocycles. The number of non-ortho nitro benzene ring substituents is 1. The average molecular weight is 349 g/mol. The first-order chi connectivity index (χ1) is 11.3. The summed E-state index contributed by atoms with van der Waals surface area (Å²) in [6, 6.07) is 5.80. The molecule has 1 saturated carbocycles. The fourth-order valence-electron chi connectivity index (χ4n) is 3.81. The van der Waals surface area contributed by atoms with Crippen LogP contribution in [0.3, 0.4) is 0 Å². The molecule has 5 heteroatoms. The maximum absolute atomic E-state index is 11.3. The fraction of sp³-hybridized carbons (Fsp3) is 0.684. The van der Waals surface area contributed by atoms with Gasteiger partial charge in [0.2, 0.25) is 0 Å². The van der Waals surface area contributed by atoms with Gasteiger partial charge in [-0.3, -0.25) is 15.0 Å². The van der Waals surface area contributed by atoms with Gasteiger partial charge < -0.3 is 0 Å². The van der Waals surface area contributed by atoms with Crippen molar-refractivity contribution in [3.63, 3.8) is 0 Å². The van der Waals surface area contributed by atoms with Crippen LogP contribution in [-0.2, 0) is 0 Å². The molecule has 0 amide bonds. The van der Waals surface area contributed by atoms with E-state index < -0.39 is 0 Å². The van der Waals surface area contributed by atoms with Crippen LogP contribution in [0, 0.1) is 16.0 Å². The molecule has 1 saturated heterocycles. The third kappa shape index (κ3) is 3.62. The van der Waals surface area contributed by atoms with Crippen LogP contribution in [0.5, 0.6) is 0 Å². The van der Waals surface area contributed by atoms with Crippen molar-refractivity contribution in [2.75, 3.05) is 6.54 Å². The Balaban J connectivity index is 2.05. The summed E-state index contributed by atoms with van der Waals surface area (Å²) in [4.78, 5) is 14.9. The van der Waals surface area contributed by atoms with Crippen LogP contribution in [0.2, 0.25) is 0 Å². The van der Waals surface area contributed by atoms with Gasteiger partial charge in [0, 0.05) is 33.9 Å². The van der Waals surface area contributed by atoms with Gasteiger partial charge in [-0.25, -0.2) is 0 Å². The molecular weight excluding hydrogens is 320 g/mol. The molecular formula is C19H28N2O2S. The van der Waals surface area contributed by atoms with E-state index in [1.54, 1.807) is 6.07 Å². The van der Waals surface area contributed by atoms with Gasteiger partial charge in [0.15, 0.2) is 0 Å². The van der Waals surface area contributed by atoms with Gasteiger partial charge in [-0.15, -0.1) is 11.8 Å². The van der Waals surface area contributed by atoms with E-state index in [4.69, 9.17) is 0 Å². The minimum atomic E-state index is -0.258. The Labute approximate surface area is 149 Å². The van der Waals surface area contributed by atoms with E-state index in [1.807, 2.05) is 23.9 Å². The van der Waals surface area contributed by atoms with Crippen LogP contribution >= 0.6 is 11.8 Å². The van der Waals surface area contributed by atoms with Crippen LogP contribution in [0.1, 0.15) is 65.0 Å². The standard InChI is InChI=1S/C19H28N2O2S/c1-5-13-10-11-20(19(2,3)4)18(13)16-12-14(21(22)23)6-9-17(16)24-15-7-8-15/h6,9,12-13,15,18H,5,7-8,10-11H2,1-4H3/t13-,18-/m1/s1. The van der Waals surface area contributed by atoms with E-state index in [2.05, 4.69) is 32.6 Å². The summed E-state index contributed by atoms with van der Waals surface area (Å²) in [6.07, 6.45) is 4.83. The SMILES string of the molecule is CC[C@@H]1CCN(C(C)(C)C)[C@H]1c1cc([N+](=O)[O-])ccc1SC1CC1. The largest absolute Gasteiger partial charge is 0.291 e. The molecule has 0 radical (unpaired) electrons. The monoisotopic (exact) mass is 348 g/mol. The molecule has 132 valence electrons. The van der Waals surface area contributed by atoms with Crippen molar-refractivity contribution in [2.45, 2.75) is 75.1 Å². The third-order valence-electron chi connectivity index (χ3n) is 5.25. The maximum Gasteiger partial charge on any atom is 0.269 e. The smallest absolute Gasteiger partial charge is 0.269 e. The van der Waals surface area contributed by atoms with Crippen LogP contribution in [0.25, 0.3) is 0 Å². The van der Waals surface area contributed by atoms with Gasteiger partial charge in [0.25, 0.3) is 5.69 Å². The number of thioether (sulfide) groups is 1. The Kier molecular flexibility index (Phi) is 4.94.